The number of ether oxygens (including phenoxy) is 1. The van der Waals surface area contributed by atoms with Gasteiger partial charge in [-0.2, -0.15) is 0 Å². The topological polar surface area (TPSA) is 66.8 Å². The molecule has 0 radical (unpaired) electrons. The second-order valence-corrected chi connectivity index (χ2v) is 5.40. The first-order valence-corrected chi connectivity index (χ1v) is 6.67. The molecule has 0 aromatic heterocycles. The molecule has 1 heterocycles. The van der Waals surface area contributed by atoms with Crippen molar-refractivity contribution in [3.8, 4) is 5.75 Å². The first kappa shape index (κ1) is 14.7. The number of methoxy groups -OCH3 is 1. The van der Waals surface area contributed by atoms with E-state index < -0.39 is 11.5 Å². The van der Waals surface area contributed by atoms with Crippen LogP contribution in [-0.2, 0) is 4.79 Å². The van der Waals surface area contributed by atoms with Gasteiger partial charge in [0.15, 0.2) is 0 Å². The van der Waals surface area contributed by atoms with E-state index in [0.29, 0.717) is 35.7 Å². The zero-order chi connectivity index (χ0) is 14.9. The fraction of sp³-hybridized carbons (Fsp3) is 0.429. The van der Waals surface area contributed by atoms with E-state index in [4.69, 9.17) is 16.3 Å². The van der Waals surface area contributed by atoms with E-state index in [1.165, 1.54) is 18.1 Å². The Morgan fingerprint density at radius 2 is 2.15 bits per heavy atom. The van der Waals surface area contributed by atoms with Gasteiger partial charge in [0, 0.05) is 12.1 Å². The average Bonchev–Trinajstić information content (AvgIpc) is 2.82. The van der Waals surface area contributed by atoms with Gasteiger partial charge in [0.1, 0.15) is 11.3 Å². The fourth-order valence-electron chi connectivity index (χ4n) is 2.46. The van der Waals surface area contributed by atoms with Crippen LogP contribution in [0.25, 0.3) is 0 Å². The summed E-state index contributed by atoms with van der Waals surface area (Å²) in [6.07, 6.45) is 1.14. The molecular formula is C14H16ClNO4. The van der Waals surface area contributed by atoms with Gasteiger partial charge in [0.25, 0.3) is 5.91 Å². The van der Waals surface area contributed by atoms with E-state index in [-0.39, 0.29) is 5.91 Å². The van der Waals surface area contributed by atoms with E-state index in [2.05, 4.69) is 0 Å². The van der Waals surface area contributed by atoms with Crippen LogP contribution in [0.1, 0.15) is 30.1 Å². The summed E-state index contributed by atoms with van der Waals surface area (Å²) in [7, 11) is 1.46. The molecular weight excluding hydrogens is 282 g/mol. The third kappa shape index (κ3) is 2.33. The van der Waals surface area contributed by atoms with Crippen LogP contribution >= 0.6 is 11.6 Å². The van der Waals surface area contributed by atoms with E-state index in [9.17, 15) is 14.7 Å². The maximum Gasteiger partial charge on any atom is 0.329 e. The van der Waals surface area contributed by atoms with Crippen molar-refractivity contribution in [2.75, 3.05) is 13.7 Å². The minimum Gasteiger partial charge on any atom is -0.495 e. The Morgan fingerprint density at radius 1 is 1.45 bits per heavy atom. The minimum absolute atomic E-state index is 0.317. The van der Waals surface area contributed by atoms with E-state index in [1.807, 2.05) is 0 Å². The summed E-state index contributed by atoms with van der Waals surface area (Å²) in [5.74, 6) is -0.902. The SMILES string of the molecule is COc1cc(C(=O)N2CCCC2(C)C(=O)O)ccc1Cl. The normalized spacial score (nSPS) is 21.9. The smallest absolute Gasteiger partial charge is 0.329 e. The fourth-order valence-corrected chi connectivity index (χ4v) is 2.65. The molecule has 1 amide bonds. The van der Waals surface area contributed by atoms with Gasteiger partial charge in [-0.1, -0.05) is 11.6 Å². The number of nitrogens with zero attached hydrogens (tertiary/aromatic N) is 1. The molecule has 5 nitrogen and oxygen atoms in total. The van der Waals surface area contributed by atoms with Gasteiger partial charge in [-0.15, -0.1) is 0 Å². The number of amides is 1. The molecule has 1 aliphatic rings. The first-order valence-electron chi connectivity index (χ1n) is 6.29. The van der Waals surface area contributed by atoms with Crippen LogP contribution in [0, 0.1) is 0 Å². The van der Waals surface area contributed by atoms with Crippen molar-refractivity contribution in [1.29, 1.82) is 0 Å². The number of aliphatic carboxylic acids is 1. The van der Waals surface area contributed by atoms with Crippen molar-refractivity contribution in [2.45, 2.75) is 25.3 Å². The maximum atomic E-state index is 12.5. The monoisotopic (exact) mass is 297 g/mol. The largest absolute Gasteiger partial charge is 0.495 e. The zero-order valence-electron chi connectivity index (χ0n) is 11.4. The Kier molecular flexibility index (Phi) is 3.90. The molecule has 1 atom stereocenters. The highest BCUT2D eigenvalue weighted by Gasteiger charge is 2.46. The number of halogens is 1. The zero-order valence-corrected chi connectivity index (χ0v) is 12.1. The highest BCUT2D eigenvalue weighted by atomic mass is 35.5. The third-order valence-corrected chi connectivity index (χ3v) is 4.06. The van der Waals surface area contributed by atoms with Crippen molar-refractivity contribution in [3.63, 3.8) is 0 Å². The van der Waals surface area contributed by atoms with Crippen molar-refractivity contribution in [2.24, 2.45) is 0 Å². The Hall–Kier alpha value is -1.75. The number of benzene rings is 1. The number of hydrogen-bond donors (Lipinski definition) is 1. The number of rotatable bonds is 3. The van der Waals surface area contributed by atoms with E-state index in [0.717, 1.165) is 0 Å². The molecule has 0 bridgehead atoms. The molecule has 1 N–H and O–H groups in total. The predicted molar refractivity (Wildman–Crippen MR) is 74.3 cm³/mol. The predicted octanol–water partition coefficient (Wildman–Crippen LogP) is 2.43. The first-order chi connectivity index (χ1) is 9.40. The number of carboxylic acid groups (broad SMARTS) is 1. The molecule has 1 aliphatic heterocycles. The van der Waals surface area contributed by atoms with Crippen LogP contribution in [0.4, 0.5) is 0 Å². The van der Waals surface area contributed by atoms with Gasteiger partial charge in [0.05, 0.1) is 12.1 Å². The summed E-state index contributed by atoms with van der Waals surface area (Å²) in [6.45, 7) is 2.01. The van der Waals surface area contributed by atoms with Gasteiger partial charge in [0.2, 0.25) is 0 Å². The summed E-state index contributed by atoms with van der Waals surface area (Å²) in [5, 5.41) is 9.75. The Bertz CT molecular complexity index is 560. The second kappa shape index (κ2) is 5.32. The molecule has 0 saturated carbocycles. The molecule has 20 heavy (non-hydrogen) atoms. The third-order valence-electron chi connectivity index (χ3n) is 3.74. The van der Waals surface area contributed by atoms with Gasteiger partial charge >= 0.3 is 5.97 Å². The van der Waals surface area contributed by atoms with E-state index in [1.54, 1.807) is 19.1 Å². The van der Waals surface area contributed by atoms with Gasteiger partial charge in [-0.3, -0.25) is 4.79 Å². The van der Waals surface area contributed by atoms with Crippen LogP contribution in [0.5, 0.6) is 5.75 Å². The molecule has 1 aromatic carbocycles. The van der Waals surface area contributed by atoms with Crippen LogP contribution in [-0.4, -0.2) is 41.1 Å². The highest BCUT2D eigenvalue weighted by Crippen LogP contribution is 2.32. The number of hydrogen-bond acceptors (Lipinski definition) is 3. The molecule has 1 saturated heterocycles. The molecule has 6 heteroatoms. The lowest BCUT2D eigenvalue weighted by Gasteiger charge is -2.31. The summed E-state index contributed by atoms with van der Waals surface area (Å²) in [4.78, 5) is 25.3. The lowest BCUT2D eigenvalue weighted by atomic mass is 9.98. The Labute approximate surface area is 122 Å². The number of carboxylic acids is 1. The van der Waals surface area contributed by atoms with Crippen LogP contribution in [0.3, 0.4) is 0 Å². The maximum absolute atomic E-state index is 12.5. The molecule has 1 aromatic rings. The number of carbonyl (C=O) groups excluding carboxylic acids is 1. The van der Waals surface area contributed by atoms with Gasteiger partial charge in [-0.25, -0.2) is 4.79 Å². The highest BCUT2D eigenvalue weighted by molar-refractivity contribution is 6.32. The van der Waals surface area contributed by atoms with Crippen LogP contribution in [0.2, 0.25) is 5.02 Å². The van der Waals surface area contributed by atoms with Crippen molar-refractivity contribution >= 4 is 23.5 Å². The van der Waals surface area contributed by atoms with Crippen molar-refractivity contribution in [3.05, 3.63) is 28.8 Å². The molecule has 0 aliphatic carbocycles. The summed E-state index contributed by atoms with van der Waals surface area (Å²) >= 11 is 5.92. The average molecular weight is 298 g/mol. The van der Waals surface area contributed by atoms with Crippen LogP contribution < -0.4 is 4.74 Å². The summed E-state index contributed by atoms with van der Waals surface area (Å²) < 4.78 is 5.08. The quantitative estimate of drug-likeness (QED) is 0.930. The van der Waals surface area contributed by atoms with Gasteiger partial charge in [-0.05, 0) is 38.0 Å². The number of likely N-dealkylation sites (tertiary alicyclic amines) is 1. The van der Waals surface area contributed by atoms with Crippen molar-refractivity contribution in [1.82, 2.24) is 4.90 Å². The van der Waals surface area contributed by atoms with Gasteiger partial charge < -0.3 is 14.7 Å². The lowest BCUT2D eigenvalue weighted by molar-refractivity contribution is -0.147. The summed E-state index contributed by atoms with van der Waals surface area (Å²) in [5.41, 5.74) is -0.773. The Balaban J connectivity index is 2.34. The molecule has 1 unspecified atom stereocenters. The molecule has 108 valence electrons. The standard InChI is InChI=1S/C14H16ClNO4/c1-14(13(18)19)6-3-7-16(14)12(17)9-4-5-10(15)11(8-9)20-2/h4-5,8H,3,6-7H2,1-2H3,(H,18,19). The summed E-state index contributed by atoms with van der Waals surface area (Å²) in [6, 6.07) is 4.68. The molecule has 1 fully saturated rings. The molecule has 2 rings (SSSR count). The lowest BCUT2D eigenvalue weighted by Crippen LogP contribution is -2.50. The number of carbonyl (C=O) groups is 2. The van der Waals surface area contributed by atoms with Crippen LogP contribution in [0.15, 0.2) is 18.2 Å². The minimum atomic E-state index is -1.15. The Morgan fingerprint density at radius 3 is 2.75 bits per heavy atom. The van der Waals surface area contributed by atoms with E-state index >= 15 is 0 Å². The molecule has 0 spiro atoms. The second-order valence-electron chi connectivity index (χ2n) is 4.99. The van der Waals surface area contributed by atoms with Crippen molar-refractivity contribution < 1.29 is 19.4 Å².